The number of carbonyl (C=O) groups is 1. The summed E-state index contributed by atoms with van der Waals surface area (Å²) in [6.07, 6.45) is -4.45. The van der Waals surface area contributed by atoms with Crippen molar-refractivity contribution in [1.82, 2.24) is 5.32 Å². The minimum Gasteiger partial charge on any atom is -0.392 e. The van der Waals surface area contributed by atoms with Crippen molar-refractivity contribution in [2.24, 2.45) is 0 Å². The number of amides is 1. The average molecular weight is 327 g/mol. The van der Waals surface area contributed by atoms with E-state index in [1.54, 1.807) is 0 Å². The molecule has 0 unspecified atom stereocenters. The zero-order valence-electron chi connectivity index (χ0n) is 11.8. The van der Waals surface area contributed by atoms with Gasteiger partial charge in [-0.05, 0) is 42.0 Å². The molecule has 0 fully saturated rings. The van der Waals surface area contributed by atoms with Crippen molar-refractivity contribution < 1.29 is 27.5 Å². The summed E-state index contributed by atoms with van der Waals surface area (Å²) in [6, 6.07) is 7.85. The van der Waals surface area contributed by atoms with Crippen molar-refractivity contribution in [2.45, 2.75) is 19.3 Å². The van der Waals surface area contributed by atoms with Crippen LogP contribution in [0.5, 0.6) is 0 Å². The van der Waals surface area contributed by atoms with Crippen molar-refractivity contribution in [3.63, 3.8) is 0 Å². The SMILES string of the molecule is O=C(NCc1ccc(F)c(CO)c1)c1ccc(C(F)(F)F)cc1. The topological polar surface area (TPSA) is 49.3 Å². The second kappa shape index (κ2) is 6.78. The Morgan fingerprint density at radius 2 is 1.74 bits per heavy atom. The van der Waals surface area contributed by atoms with Gasteiger partial charge in [0.1, 0.15) is 5.82 Å². The summed E-state index contributed by atoms with van der Waals surface area (Å²) in [5.74, 6) is -1.10. The Balaban J connectivity index is 2.02. The van der Waals surface area contributed by atoms with Gasteiger partial charge in [-0.1, -0.05) is 6.07 Å². The van der Waals surface area contributed by atoms with Crippen LogP contribution < -0.4 is 5.32 Å². The number of halogens is 4. The van der Waals surface area contributed by atoms with Crippen LogP contribution in [0.1, 0.15) is 27.0 Å². The largest absolute Gasteiger partial charge is 0.416 e. The summed E-state index contributed by atoms with van der Waals surface area (Å²) in [4.78, 5) is 11.9. The molecule has 0 aliphatic rings. The van der Waals surface area contributed by atoms with E-state index in [2.05, 4.69) is 5.32 Å². The molecule has 0 bridgehead atoms. The van der Waals surface area contributed by atoms with E-state index >= 15 is 0 Å². The molecule has 0 spiro atoms. The smallest absolute Gasteiger partial charge is 0.392 e. The first-order chi connectivity index (χ1) is 10.8. The Labute approximate surface area is 129 Å². The standard InChI is InChI=1S/C16H13F4NO2/c17-14-6-1-10(7-12(14)9-22)8-21-15(23)11-2-4-13(5-3-11)16(18,19)20/h1-7,22H,8-9H2,(H,21,23). The highest BCUT2D eigenvalue weighted by Gasteiger charge is 2.30. The second-order valence-corrected chi connectivity index (χ2v) is 4.84. The Hall–Kier alpha value is -2.41. The van der Waals surface area contributed by atoms with Crippen LogP contribution in [0.25, 0.3) is 0 Å². The van der Waals surface area contributed by atoms with Crippen LogP contribution in [0.2, 0.25) is 0 Å². The van der Waals surface area contributed by atoms with E-state index in [4.69, 9.17) is 5.11 Å². The number of aliphatic hydroxyl groups excluding tert-OH is 1. The maximum atomic E-state index is 13.2. The van der Waals surface area contributed by atoms with Gasteiger partial charge < -0.3 is 10.4 Å². The summed E-state index contributed by atoms with van der Waals surface area (Å²) < 4.78 is 50.6. The van der Waals surface area contributed by atoms with E-state index in [0.29, 0.717) is 5.56 Å². The van der Waals surface area contributed by atoms with Crippen LogP contribution in [0.15, 0.2) is 42.5 Å². The second-order valence-electron chi connectivity index (χ2n) is 4.84. The van der Waals surface area contributed by atoms with E-state index in [0.717, 1.165) is 24.3 Å². The monoisotopic (exact) mass is 327 g/mol. The normalized spacial score (nSPS) is 11.3. The summed E-state index contributed by atoms with van der Waals surface area (Å²) in [5, 5.41) is 11.5. The highest BCUT2D eigenvalue weighted by molar-refractivity contribution is 5.94. The minimum absolute atomic E-state index is 0.0626. The molecular weight excluding hydrogens is 314 g/mol. The molecule has 0 aromatic heterocycles. The Bertz CT molecular complexity index is 696. The Kier molecular flexibility index (Phi) is 5.00. The number of hydrogen-bond acceptors (Lipinski definition) is 2. The molecule has 0 saturated carbocycles. The zero-order chi connectivity index (χ0) is 17.0. The van der Waals surface area contributed by atoms with E-state index in [9.17, 15) is 22.4 Å². The average Bonchev–Trinajstić information content (AvgIpc) is 2.53. The number of alkyl halides is 3. The van der Waals surface area contributed by atoms with Crippen LogP contribution in [0.3, 0.4) is 0 Å². The van der Waals surface area contributed by atoms with Crippen molar-refractivity contribution in [3.8, 4) is 0 Å². The molecule has 122 valence electrons. The third-order valence-electron chi connectivity index (χ3n) is 3.21. The fourth-order valence-electron chi connectivity index (χ4n) is 1.95. The van der Waals surface area contributed by atoms with Gasteiger partial charge in [0.25, 0.3) is 5.91 Å². The molecule has 0 saturated heterocycles. The zero-order valence-corrected chi connectivity index (χ0v) is 11.8. The molecule has 1 amide bonds. The highest BCUT2D eigenvalue weighted by atomic mass is 19.4. The van der Waals surface area contributed by atoms with Crippen LogP contribution in [-0.4, -0.2) is 11.0 Å². The molecule has 7 heteroatoms. The predicted molar refractivity (Wildman–Crippen MR) is 74.9 cm³/mol. The van der Waals surface area contributed by atoms with E-state index < -0.39 is 30.1 Å². The van der Waals surface area contributed by atoms with Gasteiger partial charge in [-0.3, -0.25) is 4.79 Å². The van der Waals surface area contributed by atoms with Gasteiger partial charge in [0.15, 0.2) is 0 Å². The maximum absolute atomic E-state index is 13.2. The van der Waals surface area contributed by atoms with Gasteiger partial charge in [-0.25, -0.2) is 4.39 Å². The number of benzene rings is 2. The van der Waals surface area contributed by atoms with Gasteiger partial charge in [0.2, 0.25) is 0 Å². The molecule has 0 radical (unpaired) electrons. The molecule has 0 heterocycles. The molecule has 23 heavy (non-hydrogen) atoms. The van der Waals surface area contributed by atoms with E-state index in [1.165, 1.54) is 18.2 Å². The number of aliphatic hydroxyl groups is 1. The van der Waals surface area contributed by atoms with Gasteiger partial charge in [0.05, 0.1) is 12.2 Å². The number of nitrogens with one attached hydrogen (secondary N) is 1. The third-order valence-corrected chi connectivity index (χ3v) is 3.21. The van der Waals surface area contributed by atoms with Crippen molar-refractivity contribution in [1.29, 1.82) is 0 Å². The lowest BCUT2D eigenvalue weighted by atomic mass is 10.1. The summed E-state index contributed by atoms with van der Waals surface area (Å²) >= 11 is 0. The lowest BCUT2D eigenvalue weighted by molar-refractivity contribution is -0.137. The lowest BCUT2D eigenvalue weighted by Crippen LogP contribution is -2.23. The van der Waals surface area contributed by atoms with Gasteiger partial charge in [0, 0.05) is 17.7 Å². The highest BCUT2D eigenvalue weighted by Crippen LogP contribution is 2.29. The first kappa shape index (κ1) is 17.0. The number of rotatable bonds is 4. The molecule has 2 aromatic carbocycles. The van der Waals surface area contributed by atoms with Crippen LogP contribution in [-0.2, 0) is 19.3 Å². The number of carbonyl (C=O) groups excluding carboxylic acids is 1. The predicted octanol–water partition coefficient (Wildman–Crippen LogP) is 3.27. The minimum atomic E-state index is -4.45. The fourth-order valence-corrected chi connectivity index (χ4v) is 1.95. The molecule has 3 nitrogen and oxygen atoms in total. The third kappa shape index (κ3) is 4.29. The fraction of sp³-hybridized carbons (Fsp3) is 0.188. The van der Waals surface area contributed by atoms with Crippen LogP contribution >= 0.6 is 0 Å². The van der Waals surface area contributed by atoms with Crippen molar-refractivity contribution >= 4 is 5.91 Å². The number of hydrogen-bond donors (Lipinski definition) is 2. The van der Waals surface area contributed by atoms with Gasteiger partial charge in [-0.15, -0.1) is 0 Å². The molecule has 0 aliphatic heterocycles. The lowest BCUT2D eigenvalue weighted by Gasteiger charge is -2.09. The first-order valence-electron chi connectivity index (χ1n) is 6.65. The Morgan fingerprint density at radius 3 is 2.30 bits per heavy atom. The molecule has 2 aromatic rings. The van der Waals surface area contributed by atoms with Crippen LogP contribution in [0, 0.1) is 5.82 Å². The molecule has 0 atom stereocenters. The molecule has 0 aliphatic carbocycles. The van der Waals surface area contributed by atoms with E-state index in [-0.39, 0.29) is 17.7 Å². The summed E-state index contributed by atoms with van der Waals surface area (Å²) in [6.45, 7) is -0.403. The Morgan fingerprint density at radius 1 is 1.09 bits per heavy atom. The quantitative estimate of drug-likeness (QED) is 0.847. The molecule has 2 N–H and O–H groups in total. The maximum Gasteiger partial charge on any atom is 0.416 e. The van der Waals surface area contributed by atoms with Crippen molar-refractivity contribution in [2.75, 3.05) is 0 Å². The van der Waals surface area contributed by atoms with Gasteiger partial charge in [-0.2, -0.15) is 13.2 Å². The molecule has 2 rings (SSSR count). The van der Waals surface area contributed by atoms with Gasteiger partial charge >= 0.3 is 6.18 Å². The summed E-state index contributed by atoms with van der Waals surface area (Å²) in [7, 11) is 0. The summed E-state index contributed by atoms with van der Waals surface area (Å²) in [5.41, 5.74) is -0.0790. The van der Waals surface area contributed by atoms with E-state index in [1.807, 2.05) is 0 Å². The molecular formula is C16H13F4NO2. The first-order valence-corrected chi connectivity index (χ1v) is 6.65. The van der Waals surface area contributed by atoms with Crippen molar-refractivity contribution in [3.05, 3.63) is 70.5 Å². The van der Waals surface area contributed by atoms with Crippen LogP contribution in [0.4, 0.5) is 17.6 Å².